The first-order valence-corrected chi connectivity index (χ1v) is 11.7. The minimum Gasteiger partial charge on any atom is -0.352 e. The third-order valence-corrected chi connectivity index (χ3v) is 7.47. The third kappa shape index (κ3) is 4.79. The molecule has 1 saturated heterocycles. The molecule has 4 rings (SSSR count). The maximum atomic E-state index is 12.9. The summed E-state index contributed by atoms with van der Waals surface area (Å²) in [5, 5.41) is 12.1. The Morgan fingerprint density at radius 2 is 1.71 bits per heavy atom. The van der Waals surface area contributed by atoms with Gasteiger partial charge < -0.3 is 10.2 Å². The molecule has 162 valence electrons. The number of sulfonamides is 1. The number of aromatic nitrogens is 3. The van der Waals surface area contributed by atoms with Crippen LogP contribution in [0, 0.1) is 13.8 Å². The molecule has 0 spiro atoms. The number of nitrogens with zero attached hydrogens (tertiary/aromatic N) is 5. The lowest BCUT2D eigenvalue weighted by atomic mass is 10.2. The zero-order valence-electron chi connectivity index (χ0n) is 17.3. The Kier molecular flexibility index (Phi) is 6.08. The van der Waals surface area contributed by atoms with Gasteiger partial charge in [-0.05, 0) is 61.4 Å². The van der Waals surface area contributed by atoms with Gasteiger partial charge >= 0.3 is 0 Å². The summed E-state index contributed by atoms with van der Waals surface area (Å²) >= 11 is 6.12. The normalized spacial score (nSPS) is 15.1. The second-order valence-corrected chi connectivity index (χ2v) is 9.77. The lowest BCUT2D eigenvalue weighted by Gasteiger charge is -2.34. The zero-order valence-corrected chi connectivity index (χ0v) is 18.9. The van der Waals surface area contributed by atoms with Crippen LogP contribution in [-0.4, -0.2) is 54.1 Å². The number of nitrogens with one attached hydrogen (secondary N) is 1. The number of rotatable bonds is 5. The molecule has 0 amide bonds. The van der Waals surface area contributed by atoms with E-state index in [1.165, 1.54) is 10.4 Å². The van der Waals surface area contributed by atoms with Crippen molar-refractivity contribution in [1.82, 2.24) is 19.5 Å². The Hall–Kier alpha value is -2.75. The SMILES string of the molecule is Cc1ccnc(Nc2ccc(N3CCN(S(=O)(=O)c4ccc(C)c(Cl)c4)CC3)nn2)c1. The number of anilines is 3. The summed E-state index contributed by atoms with van der Waals surface area (Å²) in [7, 11) is -3.58. The van der Waals surface area contributed by atoms with Crippen LogP contribution in [0.25, 0.3) is 0 Å². The van der Waals surface area contributed by atoms with Crippen LogP contribution in [0.4, 0.5) is 17.5 Å². The number of benzene rings is 1. The smallest absolute Gasteiger partial charge is 0.243 e. The van der Waals surface area contributed by atoms with Crippen LogP contribution in [-0.2, 0) is 10.0 Å². The first-order chi connectivity index (χ1) is 14.8. The van der Waals surface area contributed by atoms with Gasteiger partial charge in [-0.25, -0.2) is 13.4 Å². The lowest BCUT2D eigenvalue weighted by Crippen LogP contribution is -2.49. The van der Waals surface area contributed by atoms with Crippen LogP contribution in [0.2, 0.25) is 5.02 Å². The van der Waals surface area contributed by atoms with Gasteiger partial charge in [-0.15, -0.1) is 10.2 Å². The molecule has 3 heterocycles. The molecule has 0 atom stereocenters. The second kappa shape index (κ2) is 8.78. The topological polar surface area (TPSA) is 91.3 Å². The molecule has 3 aromatic rings. The average molecular weight is 459 g/mol. The van der Waals surface area contributed by atoms with E-state index in [9.17, 15) is 8.42 Å². The van der Waals surface area contributed by atoms with Crippen LogP contribution >= 0.6 is 11.6 Å². The summed E-state index contributed by atoms with van der Waals surface area (Å²) in [5.74, 6) is 2.01. The molecule has 1 N–H and O–H groups in total. The van der Waals surface area contributed by atoms with Gasteiger partial charge in [0.25, 0.3) is 0 Å². The molecule has 0 unspecified atom stereocenters. The molecule has 31 heavy (non-hydrogen) atoms. The van der Waals surface area contributed by atoms with Crippen molar-refractivity contribution in [2.75, 3.05) is 36.4 Å². The minimum atomic E-state index is -3.58. The van der Waals surface area contributed by atoms with Gasteiger partial charge in [-0.3, -0.25) is 0 Å². The number of pyridine rings is 1. The highest BCUT2D eigenvalue weighted by Crippen LogP contribution is 2.24. The number of hydrogen-bond donors (Lipinski definition) is 1. The maximum Gasteiger partial charge on any atom is 0.243 e. The highest BCUT2D eigenvalue weighted by Gasteiger charge is 2.29. The third-order valence-electron chi connectivity index (χ3n) is 5.17. The van der Waals surface area contributed by atoms with Gasteiger partial charge in [0.2, 0.25) is 10.0 Å². The van der Waals surface area contributed by atoms with Crippen LogP contribution in [0.15, 0.2) is 53.6 Å². The van der Waals surface area contributed by atoms with Crippen molar-refractivity contribution in [2.45, 2.75) is 18.7 Å². The molecule has 1 aliphatic heterocycles. The number of halogens is 1. The minimum absolute atomic E-state index is 0.219. The van der Waals surface area contributed by atoms with Gasteiger partial charge in [0, 0.05) is 37.4 Å². The van der Waals surface area contributed by atoms with E-state index in [-0.39, 0.29) is 4.90 Å². The van der Waals surface area contributed by atoms with E-state index in [1.807, 2.05) is 43.0 Å². The summed E-state index contributed by atoms with van der Waals surface area (Å²) in [6.45, 7) is 5.62. The largest absolute Gasteiger partial charge is 0.352 e. The molecule has 0 bridgehead atoms. The first kappa shape index (κ1) is 21.5. The van der Waals surface area contributed by atoms with Crippen LogP contribution in [0.1, 0.15) is 11.1 Å². The predicted octanol–water partition coefficient (Wildman–Crippen LogP) is 3.40. The summed E-state index contributed by atoms with van der Waals surface area (Å²) in [6, 6.07) is 12.4. The molecule has 1 aromatic carbocycles. The van der Waals surface area contributed by atoms with E-state index in [0.717, 1.165) is 11.1 Å². The molecule has 10 heteroatoms. The molecular weight excluding hydrogens is 436 g/mol. The van der Waals surface area contributed by atoms with Crippen molar-refractivity contribution >= 4 is 39.1 Å². The van der Waals surface area contributed by atoms with Crippen molar-refractivity contribution in [1.29, 1.82) is 0 Å². The zero-order chi connectivity index (χ0) is 22.0. The van der Waals surface area contributed by atoms with Crippen molar-refractivity contribution in [2.24, 2.45) is 0 Å². The molecule has 1 fully saturated rings. The highest BCUT2D eigenvalue weighted by molar-refractivity contribution is 7.89. The standard InChI is InChI=1S/C21H23ClN6O2S/c1-15-7-8-23-20(13-15)24-19-5-6-21(26-25-19)27-9-11-28(12-10-27)31(29,30)17-4-3-16(2)18(22)14-17/h3-8,13-14H,9-12H2,1-2H3,(H,23,24,25). The van der Waals surface area contributed by atoms with Gasteiger partial charge in [0.15, 0.2) is 11.6 Å². The quantitative estimate of drug-likeness (QED) is 0.626. The van der Waals surface area contributed by atoms with Crippen LogP contribution < -0.4 is 10.2 Å². The Morgan fingerprint density at radius 3 is 2.35 bits per heavy atom. The van der Waals surface area contributed by atoms with E-state index in [1.54, 1.807) is 18.3 Å². The Labute approximate surface area is 186 Å². The molecular formula is C21H23ClN6O2S. The van der Waals surface area contributed by atoms with Crippen molar-refractivity contribution in [3.8, 4) is 0 Å². The highest BCUT2D eigenvalue weighted by atomic mass is 35.5. The molecule has 0 radical (unpaired) electrons. The lowest BCUT2D eigenvalue weighted by molar-refractivity contribution is 0.383. The fourth-order valence-corrected chi connectivity index (χ4v) is 5.03. The fraction of sp³-hybridized carbons (Fsp3) is 0.286. The number of aryl methyl sites for hydroxylation is 2. The summed E-state index contributed by atoms with van der Waals surface area (Å²) in [4.78, 5) is 6.50. The van der Waals surface area contributed by atoms with Crippen LogP contribution in [0.3, 0.4) is 0 Å². The van der Waals surface area contributed by atoms with Gasteiger partial charge in [0.1, 0.15) is 5.82 Å². The van der Waals surface area contributed by atoms with Gasteiger partial charge in [-0.1, -0.05) is 17.7 Å². The summed E-state index contributed by atoms with van der Waals surface area (Å²) in [6.07, 6.45) is 1.73. The Balaban J connectivity index is 1.39. The van der Waals surface area contributed by atoms with E-state index < -0.39 is 10.0 Å². The van der Waals surface area contributed by atoms with E-state index >= 15 is 0 Å². The van der Waals surface area contributed by atoms with Gasteiger partial charge in [0.05, 0.1) is 4.90 Å². The number of piperazine rings is 1. The monoisotopic (exact) mass is 458 g/mol. The van der Waals surface area contributed by atoms with Gasteiger partial charge in [-0.2, -0.15) is 4.31 Å². The molecule has 8 nitrogen and oxygen atoms in total. The molecule has 0 saturated carbocycles. The van der Waals surface area contributed by atoms with Crippen molar-refractivity contribution < 1.29 is 8.42 Å². The average Bonchev–Trinajstić information content (AvgIpc) is 2.76. The second-order valence-electron chi connectivity index (χ2n) is 7.42. The molecule has 0 aliphatic carbocycles. The molecule has 1 aliphatic rings. The number of hydrogen-bond acceptors (Lipinski definition) is 7. The Bertz CT molecular complexity index is 1180. The fourth-order valence-electron chi connectivity index (χ4n) is 3.34. The van der Waals surface area contributed by atoms with Crippen molar-refractivity contribution in [3.63, 3.8) is 0 Å². The van der Waals surface area contributed by atoms with Crippen molar-refractivity contribution in [3.05, 3.63) is 64.8 Å². The predicted molar refractivity (Wildman–Crippen MR) is 121 cm³/mol. The van der Waals surface area contributed by atoms with E-state index in [0.29, 0.717) is 48.7 Å². The van der Waals surface area contributed by atoms with E-state index in [4.69, 9.17) is 11.6 Å². The summed E-state index contributed by atoms with van der Waals surface area (Å²) < 4.78 is 27.4. The Morgan fingerprint density at radius 1 is 0.935 bits per heavy atom. The maximum absolute atomic E-state index is 12.9. The summed E-state index contributed by atoms with van der Waals surface area (Å²) in [5.41, 5.74) is 1.95. The first-order valence-electron chi connectivity index (χ1n) is 9.87. The molecule has 2 aromatic heterocycles. The van der Waals surface area contributed by atoms with E-state index in [2.05, 4.69) is 20.5 Å². The van der Waals surface area contributed by atoms with Crippen LogP contribution in [0.5, 0.6) is 0 Å².